The van der Waals surface area contributed by atoms with Crippen LogP contribution in [-0.4, -0.2) is 0 Å². The van der Waals surface area contributed by atoms with Crippen LogP contribution in [0, 0.1) is 5.92 Å². The molecule has 86 valence electrons. The first kappa shape index (κ1) is 13.3. The van der Waals surface area contributed by atoms with E-state index in [0.717, 1.165) is 16.7 Å². The van der Waals surface area contributed by atoms with Crippen LogP contribution in [0.4, 0.5) is 13.2 Å². The Bertz CT molecular complexity index is 346. The van der Waals surface area contributed by atoms with Gasteiger partial charge in [-0.25, -0.2) is 0 Å². The Morgan fingerprint density at radius 1 is 1.40 bits per heavy atom. The molecule has 6 heteroatoms. The maximum atomic E-state index is 12.5. The van der Waals surface area contributed by atoms with Crippen LogP contribution in [0.3, 0.4) is 0 Å². The van der Waals surface area contributed by atoms with Gasteiger partial charge in [0.1, 0.15) is 0 Å². The maximum Gasteiger partial charge on any atom is 0.418 e. The van der Waals surface area contributed by atoms with Crippen LogP contribution in [0.15, 0.2) is 9.85 Å². The largest absolute Gasteiger partial charge is 0.418 e. The van der Waals surface area contributed by atoms with E-state index in [-0.39, 0.29) is 15.8 Å². The van der Waals surface area contributed by atoms with Crippen molar-refractivity contribution in [2.75, 3.05) is 0 Å². The average molecular weight is 322 g/mol. The summed E-state index contributed by atoms with van der Waals surface area (Å²) in [6.07, 6.45) is -4.32. The summed E-state index contributed by atoms with van der Waals surface area (Å²) >= 11 is 10.0. The molecule has 0 spiro atoms. The molecule has 1 unspecified atom stereocenters. The Kier molecular flexibility index (Phi) is 4.12. The molecule has 1 rings (SSSR count). The summed E-state index contributed by atoms with van der Waals surface area (Å²) in [5, 5.41) is 0.706. The lowest BCUT2D eigenvalue weighted by molar-refractivity contribution is -0.137. The van der Waals surface area contributed by atoms with E-state index in [0.29, 0.717) is 4.88 Å². The summed E-state index contributed by atoms with van der Waals surface area (Å²) < 4.78 is 37.5. The third-order valence-corrected chi connectivity index (χ3v) is 4.93. The van der Waals surface area contributed by atoms with Gasteiger partial charge in [0.25, 0.3) is 0 Å². The van der Waals surface area contributed by atoms with Crippen LogP contribution < -0.4 is 0 Å². The summed E-state index contributed by atoms with van der Waals surface area (Å²) in [5.74, 6) is 0.0997. The van der Waals surface area contributed by atoms with Gasteiger partial charge < -0.3 is 0 Å². The van der Waals surface area contributed by atoms with E-state index in [1.54, 1.807) is 0 Å². The summed E-state index contributed by atoms with van der Waals surface area (Å²) in [5.41, 5.74) is -0.645. The topological polar surface area (TPSA) is 0 Å². The van der Waals surface area contributed by atoms with Gasteiger partial charge in [0.05, 0.1) is 10.9 Å². The molecule has 0 bridgehead atoms. The number of alkyl halides is 4. The molecule has 0 amide bonds. The summed E-state index contributed by atoms with van der Waals surface area (Å²) in [4.78, 5) is 0.541. The van der Waals surface area contributed by atoms with Gasteiger partial charge in [0.2, 0.25) is 0 Å². The normalized spacial score (nSPS) is 14.7. The number of halogens is 5. The van der Waals surface area contributed by atoms with Crippen LogP contribution in [0.1, 0.15) is 29.7 Å². The van der Waals surface area contributed by atoms with Gasteiger partial charge in [-0.1, -0.05) is 13.8 Å². The first-order valence-electron chi connectivity index (χ1n) is 4.23. The first-order valence-corrected chi connectivity index (χ1v) is 6.34. The van der Waals surface area contributed by atoms with Crippen LogP contribution >= 0.6 is 38.9 Å². The van der Waals surface area contributed by atoms with Gasteiger partial charge in [0, 0.05) is 14.7 Å². The second kappa shape index (κ2) is 4.63. The van der Waals surface area contributed by atoms with Gasteiger partial charge in [-0.05, 0) is 21.8 Å². The second-order valence-corrected chi connectivity index (χ2v) is 5.65. The average Bonchev–Trinajstić information content (AvgIpc) is 2.44. The number of hydrogen-bond donors (Lipinski definition) is 0. The number of rotatable bonds is 2. The molecule has 0 aliphatic heterocycles. The third-order valence-electron chi connectivity index (χ3n) is 1.90. The van der Waals surface area contributed by atoms with Gasteiger partial charge >= 0.3 is 6.18 Å². The minimum atomic E-state index is -4.32. The zero-order valence-corrected chi connectivity index (χ0v) is 11.2. The molecule has 0 aliphatic rings. The van der Waals surface area contributed by atoms with Crippen molar-refractivity contribution in [3.63, 3.8) is 0 Å². The molecule has 1 heterocycles. The molecule has 1 atom stereocenters. The molecule has 1 aromatic rings. The Morgan fingerprint density at radius 2 is 1.93 bits per heavy atom. The van der Waals surface area contributed by atoms with Crippen molar-refractivity contribution in [3.05, 3.63) is 20.3 Å². The van der Waals surface area contributed by atoms with E-state index in [2.05, 4.69) is 15.9 Å². The first-order chi connectivity index (χ1) is 6.75. The summed E-state index contributed by atoms with van der Waals surface area (Å²) in [7, 11) is 0. The van der Waals surface area contributed by atoms with Crippen molar-refractivity contribution in [3.8, 4) is 0 Å². The highest BCUT2D eigenvalue weighted by Gasteiger charge is 2.36. The smallest absolute Gasteiger partial charge is 0.166 e. The molecule has 0 fully saturated rings. The monoisotopic (exact) mass is 320 g/mol. The Labute approximate surface area is 104 Å². The number of hydrogen-bond acceptors (Lipinski definition) is 1. The standard InChI is InChI=1S/C9H9BrClF3S/c1-4(2)7(11)8-6(10)5(3-15-8)9(12,13)14/h3-4,7H,1-2H3. The lowest BCUT2D eigenvalue weighted by atomic mass is 10.1. The quantitative estimate of drug-likeness (QED) is 0.634. The zero-order chi connectivity index (χ0) is 11.8. The lowest BCUT2D eigenvalue weighted by Crippen LogP contribution is -2.05. The van der Waals surface area contributed by atoms with E-state index < -0.39 is 11.7 Å². The highest BCUT2D eigenvalue weighted by atomic mass is 79.9. The van der Waals surface area contributed by atoms with E-state index in [1.807, 2.05) is 13.8 Å². The molecule has 0 aromatic carbocycles. The molecule has 0 aliphatic carbocycles. The van der Waals surface area contributed by atoms with Crippen LogP contribution in [0.2, 0.25) is 0 Å². The van der Waals surface area contributed by atoms with E-state index in [4.69, 9.17) is 11.6 Å². The summed E-state index contributed by atoms with van der Waals surface area (Å²) in [6.45, 7) is 3.74. The van der Waals surface area contributed by atoms with Crippen LogP contribution in [0.5, 0.6) is 0 Å². The molecule has 0 saturated heterocycles. The SMILES string of the molecule is CC(C)C(Cl)c1scc(C(F)(F)F)c1Br. The maximum absolute atomic E-state index is 12.5. The van der Waals surface area contributed by atoms with Crippen molar-refractivity contribution < 1.29 is 13.2 Å². The van der Waals surface area contributed by atoms with Crippen LogP contribution in [-0.2, 0) is 6.18 Å². The van der Waals surface area contributed by atoms with E-state index in [9.17, 15) is 13.2 Å². The molecular formula is C9H9BrClF3S. The molecule has 15 heavy (non-hydrogen) atoms. The van der Waals surface area contributed by atoms with E-state index >= 15 is 0 Å². The molecule has 1 aromatic heterocycles. The lowest BCUT2D eigenvalue weighted by Gasteiger charge is -2.12. The van der Waals surface area contributed by atoms with Crippen molar-refractivity contribution in [1.29, 1.82) is 0 Å². The fraction of sp³-hybridized carbons (Fsp3) is 0.556. The van der Waals surface area contributed by atoms with Gasteiger partial charge in [-0.15, -0.1) is 22.9 Å². The third kappa shape index (κ3) is 2.88. The minimum Gasteiger partial charge on any atom is -0.166 e. The predicted molar refractivity (Wildman–Crippen MR) is 60.5 cm³/mol. The predicted octanol–water partition coefficient (Wildman–Crippen LogP) is 5.47. The molecule has 0 saturated carbocycles. The van der Waals surface area contributed by atoms with Crippen molar-refractivity contribution >= 4 is 38.9 Å². The fourth-order valence-electron chi connectivity index (χ4n) is 1.04. The Balaban J connectivity index is 3.10. The van der Waals surface area contributed by atoms with Gasteiger partial charge in [-0.2, -0.15) is 13.2 Å². The molecule has 0 radical (unpaired) electrons. The van der Waals surface area contributed by atoms with Gasteiger partial charge in [-0.3, -0.25) is 0 Å². The zero-order valence-electron chi connectivity index (χ0n) is 8.03. The van der Waals surface area contributed by atoms with E-state index in [1.165, 1.54) is 0 Å². The van der Waals surface area contributed by atoms with Crippen LogP contribution in [0.25, 0.3) is 0 Å². The number of thiophene rings is 1. The highest BCUT2D eigenvalue weighted by molar-refractivity contribution is 9.10. The van der Waals surface area contributed by atoms with Crippen molar-refractivity contribution in [1.82, 2.24) is 0 Å². The van der Waals surface area contributed by atoms with Gasteiger partial charge in [0.15, 0.2) is 0 Å². The summed E-state index contributed by atoms with van der Waals surface area (Å²) in [6, 6.07) is 0. The van der Waals surface area contributed by atoms with Crippen molar-refractivity contribution in [2.45, 2.75) is 25.4 Å². The second-order valence-electron chi connectivity index (χ2n) is 3.47. The highest BCUT2D eigenvalue weighted by Crippen LogP contribution is 2.45. The Morgan fingerprint density at radius 3 is 2.27 bits per heavy atom. The molecular weight excluding hydrogens is 313 g/mol. The van der Waals surface area contributed by atoms with Crippen molar-refractivity contribution in [2.24, 2.45) is 5.92 Å². The minimum absolute atomic E-state index is 0.0775. The molecule has 0 N–H and O–H groups in total. The fourth-order valence-corrected chi connectivity index (χ4v) is 3.56. The Hall–Kier alpha value is 0.260. The molecule has 0 nitrogen and oxygen atoms in total.